The Morgan fingerprint density at radius 1 is 1.05 bits per heavy atom. The summed E-state index contributed by atoms with van der Waals surface area (Å²) in [5.74, 6) is -1.07. The lowest BCUT2D eigenvalue weighted by atomic mass is 10.2. The normalized spacial score (nSPS) is 10.3. The van der Waals surface area contributed by atoms with Crippen LogP contribution in [0.1, 0.15) is 5.56 Å². The summed E-state index contributed by atoms with van der Waals surface area (Å²) < 4.78 is 26.4. The van der Waals surface area contributed by atoms with E-state index in [1.807, 2.05) is 43.3 Å². The molecule has 0 aliphatic carbocycles. The molecule has 0 amide bonds. The van der Waals surface area contributed by atoms with Crippen molar-refractivity contribution in [2.75, 3.05) is 24.3 Å². The van der Waals surface area contributed by atoms with E-state index in [0.29, 0.717) is 12.1 Å². The van der Waals surface area contributed by atoms with E-state index in [-0.39, 0.29) is 0 Å². The highest BCUT2D eigenvalue weighted by Gasteiger charge is 2.07. The maximum absolute atomic E-state index is 13.6. The summed E-state index contributed by atoms with van der Waals surface area (Å²) in [6.07, 6.45) is 0. The number of nitrogens with zero attached hydrogens (tertiary/aromatic N) is 1. The first-order chi connectivity index (χ1) is 9.10. The van der Waals surface area contributed by atoms with Crippen molar-refractivity contribution in [2.24, 2.45) is 0 Å². The van der Waals surface area contributed by atoms with Crippen molar-refractivity contribution >= 4 is 11.4 Å². The van der Waals surface area contributed by atoms with Crippen LogP contribution in [-0.4, -0.2) is 14.1 Å². The molecule has 4 heteroatoms. The van der Waals surface area contributed by atoms with E-state index >= 15 is 0 Å². The van der Waals surface area contributed by atoms with Crippen LogP contribution in [0.4, 0.5) is 20.2 Å². The molecule has 0 spiro atoms. The van der Waals surface area contributed by atoms with Crippen molar-refractivity contribution in [1.82, 2.24) is 0 Å². The molecule has 0 unspecified atom stereocenters. The predicted molar refractivity (Wildman–Crippen MR) is 74.5 cm³/mol. The molecule has 0 atom stereocenters. The topological polar surface area (TPSA) is 15.3 Å². The van der Waals surface area contributed by atoms with E-state index in [9.17, 15) is 8.78 Å². The fraction of sp³-hybridized carbons (Fsp3) is 0.200. The summed E-state index contributed by atoms with van der Waals surface area (Å²) in [5.41, 5.74) is 2.47. The number of hydrogen-bond donors (Lipinski definition) is 1. The summed E-state index contributed by atoms with van der Waals surface area (Å²) in [6.45, 7) is 0.394. The fourth-order valence-electron chi connectivity index (χ4n) is 1.88. The van der Waals surface area contributed by atoms with E-state index in [1.165, 1.54) is 12.1 Å². The molecule has 0 fully saturated rings. The lowest BCUT2D eigenvalue weighted by Gasteiger charge is -2.20. The molecule has 1 N–H and O–H groups in total. The Kier molecular flexibility index (Phi) is 4.00. The van der Waals surface area contributed by atoms with Gasteiger partial charge in [-0.2, -0.15) is 0 Å². The Morgan fingerprint density at radius 3 is 2.32 bits per heavy atom. The van der Waals surface area contributed by atoms with Gasteiger partial charge in [-0.15, -0.1) is 0 Å². The molecule has 100 valence electrons. The number of rotatable bonds is 4. The monoisotopic (exact) mass is 262 g/mol. The summed E-state index contributed by atoms with van der Waals surface area (Å²) in [7, 11) is 3.73. The molecular weight excluding hydrogens is 246 g/mol. The number of anilines is 2. The third-order valence-corrected chi connectivity index (χ3v) is 3.02. The Balaban J connectivity index is 2.13. The van der Waals surface area contributed by atoms with Crippen LogP contribution in [0.3, 0.4) is 0 Å². The lowest BCUT2D eigenvalue weighted by molar-refractivity contribution is 0.571. The van der Waals surface area contributed by atoms with Crippen LogP contribution in [0.15, 0.2) is 42.5 Å². The highest BCUT2D eigenvalue weighted by molar-refractivity contribution is 5.54. The van der Waals surface area contributed by atoms with Gasteiger partial charge in [-0.1, -0.05) is 6.07 Å². The van der Waals surface area contributed by atoms with Gasteiger partial charge in [-0.25, -0.2) is 8.78 Å². The van der Waals surface area contributed by atoms with E-state index in [1.54, 1.807) is 0 Å². The van der Waals surface area contributed by atoms with Gasteiger partial charge in [0.15, 0.2) is 0 Å². The van der Waals surface area contributed by atoms with Gasteiger partial charge in [-0.3, -0.25) is 0 Å². The first-order valence-corrected chi connectivity index (χ1v) is 6.03. The Labute approximate surface area is 111 Å². The second-order valence-corrected chi connectivity index (χ2v) is 4.39. The van der Waals surface area contributed by atoms with Crippen LogP contribution in [-0.2, 0) is 6.54 Å². The van der Waals surface area contributed by atoms with Crippen molar-refractivity contribution in [3.8, 4) is 0 Å². The largest absolute Gasteiger partial charge is 0.388 e. The Hall–Kier alpha value is -2.10. The van der Waals surface area contributed by atoms with Gasteiger partial charge in [0.25, 0.3) is 0 Å². The van der Waals surface area contributed by atoms with E-state index in [2.05, 4.69) is 5.32 Å². The van der Waals surface area contributed by atoms with E-state index in [4.69, 9.17) is 0 Å². The lowest BCUT2D eigenvalue weighted by Crippen LogP contribution is -2.17. The molecule has 0 radical (unpaired) electrons. The minimum Gasteiger partial charge on any atom is -0.388 e. The molecule has 0 aliphatic rings. The molecule has 0 bridgehead atoms. The van der Waals surface area contributed by atoms with Gasteiger partial charge in [0.05, 0.1) is 0 Å². The summed E-state index contributed by atoms with van der Waals surface area (Å²) in [5, 5.41) is 3.04. The summed E-state index contributed by atoms with van der Waals surface area (Å²) in [6, 6.07) is 11.5. The van der Waals surface area contributed by atoms with Crippen LogP contribution in [0.5, 0.6) is 0 Å². The molecule has 2 nitrogen and oxygen atoms in total. The fourth-order valence-corrected chi connectivity index (χ4v) is 1.88. The zero-order valence-electron chi connectivity index (χ0n) is 11.0. The van der Waals surface area contributed by atoms with Crippen LogP contribution in [0.2, 0.25) is 0 Å². The number of benzene rings is 2. The van der Waals surface area contributed by atoms with Crippen molar-refractivity contribution in [3.05, 3.63) is 59.7 Å². The van der Waals surface area contributed by atoms with Gasteiger partial charge in [0, 0.05) is 43.6 Å². The van der Waals surface area contributed by atoms with Crippen LogP contribution < -0.4 is 10.2 Å². The summed E-state index contributed by atoms with van der Waals surface area (Å²) in [4.78, 5) is 1.91. The third-order valence-electron chi connectivity index (χ3n) is 3.02. The average molecular weight is 262 g/mol. The maximum Gasteiger partial charge on any atom is 0.131 e. The zero-order chi connectivity index (χ0) is 13.8. The number of halogens is 2. The SMILES string of the molecule is CNc1ccc(N(C)Cc2ccc(F)cc2F)cc1. The molecule has 0 aliphatic heterocycles. The molecule has 0 aromatic heterocycles. The zero-order valence-corrected chi connectivity index (χ0v) is 11.0. The van der Waals surface area contributed by atoms with Crippen molar-refractivity contribution in [3.63, 3.8) is 0 Å². The van der Waals surface area contributed by atoms with Gasteiger partial charge in [-0.05, 0) is 30.3 Å². The second kappa shape index (κ2) is 5.69. The Bertz CT molecular complexity index is 553. The van der Waals surface area contributed by atoms with Crippen molar-refractivity contribution in [1.29, 1.82) is 0 Å². The smallest absolute Gasteiger partial charge is 0.131 e. The van der Waals surface area contributed by atoms with Gasteiger partial charge < -0.3 is 10.2 Å². The third kappa shape index (κ3) is 3.22. The number of hydrogen-bond acceptors (Lipinski definition) is 2. The minimum atomic E-state index is -0.553. The minimum absolute atomic E-state index is 0.394. The van der Waals surface area contributed by atoms with Gasteiger partial charge in [0.1, 0.15) is 11.6 Å². The molecule has 0 saturated carbocycles. The number of nitrogens with one attached hydrogen (secondary N) is 1. The van der Waals surface area contributed by atoms with E-state index in [0.717, 1.165) is 17.4 Å². The molecular formula is C15H16F2N2. The standard InChI is InChI=1S/C15H16F2N2/c1-18-13-5-7-14(8-6-13)19(2)10-11-3-4-12(16)9-15(11)17/h3-9,18H,10H2,1-2H3. The Morgan fingerprint density at radius 2 is 1.74 bits per heavy atom. The summed E-state index contributed by atoms with van der Waals surface area (Å²) >= 11 is 0. The van der Waals surface area contributed by atoms with Gasteiger partial charge >= 0.3 is 0 Å². The molecule has 19 heavy (non-hydrogen) atoms. The van der Waals surface area contributed by atoms with Gasteiger partial charge in [0.2, 0.25) is 0 Å². The quantitative estimate of drug-likeness (QED) is 0.905. The predicted octanol–water partition coefficient (Wildman–Crippen LogP) is 3.64. The molecule has 0 heterocycles. The second-order valence-electron chi connectivity index (χ2n) is 4.39. The molecule has 0 saturated heterocycles. The van der Waals surface area contributed by atoms with Crippen LogP contribution >= 0.6 is 0 Å². The van der Waals surface area contributed by atoms with E-state index < -0.39 is 11.6 Å². The highest BCUT2D eigenvalue weighted by Crippen LogP contribution is 2.19. The molecule has 2 aromatic rings. The molecule has 2 aromatic carbocycles. The van der Waals surface area contributed by atoms with Crippen LogP contribution in [0.25, 0.3) is 0 Å². The average Bonchev–Trinajstić information content (AvgIpc) is 2.42. The maximum atomic E-state index is 13.6. The first-order valence-electron chi connectivity index (χ1n) is 6.03. The van der Waals surface area contributed by atoms with Crippen LogP contribution in [0, 0.1) is 11.6 Å². The van der Waals surface area contributed by atoms with Crippen molar-refractivity contribution < 1.29 is 8.78 Å². The molecule has 2 rings (SSSR count). The first kappa shape index (κ1) is 13.3. The van der Waals surface area contributed by atoms with Crippen molar-refractivity contribution in [2.45, 2.75) is 6.54 Å². The highest BCUT2D eigenvalue weighted by atomic mass is 19.1.